The topological polar surface area (TPSA) is 44.4 Å². The first-order chi connectivity index (χ1) is 14.1. The number of halogens is 1. The van der Waals surface area contributed by atoms with Crippen molar-refractivity contribution in [3.63, 3.8) is 0 Å². The van der Waals surface area contributed by atoms with E-state index in [9.17, 15) is 9.18 Å². The van der Waals surface area contributed by atoms with Gasteiger partial charge in [-0.2, -0.15) is 0 Å². The highest BCUT2D eigenvalue weighted by atomic mass is 19.1. The molecule has 1 aliphatic heterocycles. The number of nitrogens with one attached hydrogen (secondary N) is 2. The number of carbonyl (C=O) groups excluding carboxylic acids is 1. The molecule has 2 fully saturated rings. The molecule has 29 heavy (non-hydrogen) atoms. The van der Waals surface area contributed by atoms with Crippen LogP contribution in [-0.2, 0) is 0 Å². The van der Waals surface area contributed by atoms with Crippen LogP contribution < -0.4 is 10.6 Å². The first-order valence-corrected chi connectivity index (χ1v) is 11.0. The van der Waals surface area contributed by atoms with Crippen LogP contribution in [0.25, 0.3) is 0 Å². The molecule has 0 bridgehead atoms. The van der Waals surface area contributed by atoms with Crippen LogP contribution in [0.4, 0.5) is 9.18 Å². The largest absolute Gasteiger partial charge is 0.335 e. The van der Waals surface area contributed by atoms with Gasteiger partial charge in [-0.05, 0) is 74.3 Å². The number of urea groups is 1. The van der Waals surface area contributed by atoms with Gasteiger partial charge in [0.25, 0.3) is 0 Å². The minimum Gasteiger partial charge on any atom is -0.335 e. The Balaban J connectivity index is 1.41. The minimum atomic E-state index is -0.241. The van der Waals surface area contributed by atoms with Crippen LogP contribution in [0.5, 0.6) is 0 Å². The molecule has 154 valence electrons. The second-order valence-corrected chi connectivity index (χ2v) is 9.29. The second-order valence-electron chi connectivity index (χ2n) is 9.29. The molecule has 5 heteroatoms. The van der Waals surface area contributed by atoms with Crippen LogP contribution >= 0.6 is 0 Å². The van der Waals surface area contributed by atoms with Gasteiger partial charge in [-0.3, -0.25) is 0 Å². The lowest BCUT2D eigenvalue weighted by Gasteiger charge is -2.47. The van der Waals surface area contributed by atoms with E-state index in [4.69, 9.17) is 0 Å². The van der Waals surface area contributed by atoms with Crippen molar-refractivity contribution in [3.05, 3.63) is 58.9 Å². The second kappa shape index (κ2) is 7.28. The highest BCUT2D eigenvalue weighted by Crippen LogP contribution is 2.53. The molecule has 0 saturated heterocycles. The van der Waals surface area contributed by atoms with Gasteiger partial charge < -0.3 is 15.5 Å². The standard InChI is InChI=1S/C24H30FN3O/c1-26-19-13-20(14-19)27-23(29)28-12-8-17-15-24(9-2-10-24)11-7-21(17)22(28)16-3-5-18(25)6-4-16/h3-7,11,19-20,22,26H,2,8-10,12-15H2,1H3,(H,27,29)/t19-,20-,22-/m0/s1. The fraction of sp³-hybridized carbons (Fsp3) is 0.542. The maximum Gasteiger partial charge on any atom is 0.318 e. The molecule has 1 aromatic carbocycles. The Labute approximate surface area is 172 Å². The lowest BCUT2D eigenvalue weighted by Crippen LogP contribution is -2.55. The molecule has 2 N–H and O–H groups in total. The highest BCUT2D eigenvalue weighted by molar-refractivity contribution is 5.76. The van der Waals surface area contributed by atoms with Gasteiger partial charge in [-0.25, -0.2) is 9.18 Å². The zero-order valence-corrected chi connectivity index (χ0v) is 17.1. The number of carbonyl (C=O) groups is 1. The summed E-state index contributed by atoms with van der Waals surface area (Å²) in [5.74, 6) is -0.241. The molecule has 0 radical (unpaired) electrons. The van der Waals surface area contributed by atoms with E-state index in [0.717, 1.165) is 37.8 Å². The van der Waals surface area contributed by atoms with Gasteiger partial charge in [0.1, 0.15) is 5.82 Å². The maximum atomic E-state index is 13.6. The summed E-state index contributed by atoms with van der Waals surface area (Å²) in [4.78, 5) is 15.2. The third-order valence-electron chi connectivity index (χ3n) is 7.52. The zero-order chi connectivity index (χ0) is 20.0. The molecule has 1 heterocycles. The molecular formula is C24H30FN3O. The Morgan fingerprint density at radius 1 is 1.17 bits per heavy atom. The third kappa shape index (κ3) is 3.39. The Bertz CT molecular complexity index is 849. The normalized spacial score (nSPS) is 29.9. The van der Waals surface area contributed by atoms with Crippen molar-refractivity contribution < 1.29 is 9.18 Å². The summed E-state index contributed by atoms with van der Waals surface area (Å²) in [6.07, 6.45) is 12.6. The summed E-state index contributed by atoms with van der Waals surface area (Å²) in [6.45, 7) is 0.721. The van der Waals surface area contributed by atoms with E-state index >= 15 is 0 Å². The predicted octanol–water partition coefficient (Wildman–Crippen LogP) is 4.46. The summed E-state index contributed by atoms with van der Waals surface area (Å²) in [7, 11) is 1.97. The molecule has 1 aromatic rings. The van der Waals surface area contributed by atoms with E-state index in [1.165, 1.54) is 42.5 Å². The van der Waals surface area contributed by atoms with E-state index < -0.39 is 0 Å². The molecule has 2 amide bonds. The molecule has 3 aliphatic carbocycles. The van der Waals surface area contributed by atoms with E-state index in [1.807, 2.05) is 24.1 Å². The van der Waals surface area contributed by atoms with Crippen molar-refractivity contribution >= 4 is 6.03 Å². The van der Waals surface area contributed by atoms with Crippen LogP contribution in [0.1, 0.15) is 56.6 Å². The van der Waals surface area contributed by atoms with E-state index in [1.54, 1.807) is 0 Å². The number of amides is 2. The number of hydrogen-bond donors (Lipinski definition) is 2. The van der Waals surface area contributed by atoms with Crippen molar-refractivity contribution in [2.24, 2.45) is 5.41 Å². The molecule has 1 atom stereocenters. The molecule has 0 aromatic heterocycles. The summed E-state index contributed by atoms with van der Waals surface area (Å²) >= 11 is 0. The van der Waals surface area contributed by atoms with Crippen LogP contribution in [0, 0.1) is 11.2 Å². The fourth-order valence-corrected chi connectivity index (χ4v) is 5.47. The Morgan fingerprint density at radius 2 is 1.93 bits per heavy atom. The van der Waals surface area contributed by atoms with Gasteiger partial charge in [0.15, 0.2) is 0 Å². The molecule has 4 aliphatic rings. The lowest BCUT2D eigenvalue weighted by molar-refractivity contribution is 0.156. The number of nitrogens with zero attached hydrogens (tertiary/aromatic N) is 1. The monoisotopic (exact) mass is 395 g/mol. The summed E-state index contributed by atoms with van der Waals surface area (Å²) in [6, 6.07) is 7.29. The number of benzene rings is 1. The van der Waals surface area contributed by atoms with Crippen molar-refractivity contribution in [3.8, 4) is 0 Å². The van der Waals surface area contributed by atoms with Gasteiger partial charge in [0, 0.05) is 18.6 Å². The Kier molecular flexibility index (Phi) is 4.73. The molecule has 4 nitrogen and oxygen atoms in total. The van der Waals surface area contributed by atoms with Crippen LogP contribution in [0.3, 0.4) is 0 Å². The van der Waals surface area contributed by atoms with Gasteiger partial charge in [-0.1, -0.05) is 36.3 Å². The third-order valence-corrected chi connectivity index (χ3v) is 7.52. The predicted molar refractivity (Wildman–Crippen MR) is 112 cm³/mol. The number of allylic oxidation sites excluding steroid dienone is 1. The average Bonchev–Trinajstić information content (AvgIpc) is 2.68. The SMILES string of the molecule is CN[C@H]1C[C@H](NC(=O)N2CCC3=C(C=CC4(CCC4)C3)[C@@H]2c2ccc(F)cc2)C1. The minimum absolute atomic E-state index is 0.00255. The van der Waals surface area contributed by atoms with Gasteiger partial charge in [-0.15, -0.1) is 0 Å². The molecule has 0 unspecified atom stereocenters. The van der Waals surface area contributed by atoms with E-state index in [0.29, 0.717) is 11.5 Å². The van der Waals surface area contributed by atoms with Gasteiger partial charge in [0.2, 0.25) is 0 Å². The van der Waals surface area contributed by atoms with Crippen molar-refractivity contribution in [1.82, 2.24) is 15.5 Å². The number of rotatable bonds is 3. The van der Waals surface area contributed by atoms with Gasteiger partial charge in [0.05, 0.1) is 6.04 Å². The van der Waals surface area contributed by atoms with Crippen molar-refractivity contribution in [2.45, 2.75) is 63.1 Å². The first-order valence-electron chi connectivity index (χ1n) is 11.0. The van der Waals surface area contributed by atoms with Crippen LogP contribution in [0.2, 0.25) is 0 Å². The van der Waals surface area contributed by atoms with E-state index in [-0.39, 0.29) is 23.9 Å². The summed E-state index contributed by atoms with van der Waals surface area (Å²) in [5, 5.41) is 6.48. The van der Waals surface area contributed by atoms with Crippen molar-refractivity contribution in [2.75, 3.05) is 13.6 Å². The summed E-state index contributed by atoms with van der Waals surface area (Å²) < 4.78 is 13.6. The molecule has 1 spiro atoms. The zero-order valence-electron chi connectivity index (χ0n) is 17.1. The van der Waals surface area contributed by atoms with Crippen LogP contribution in [0.15, 0.2) is 47.6 Å². The quantitative estimate of drug-likeness (QED) is 0.794. The highest BCUT2D eigenvalue weighted by Gasteiger charge is 2.42. The van der Waals surface area contributed by atoms with Crippen LogP contribution in [-0.4, -0.2) is 36.6 Å². The van der Waals surface area contributed by atoms with E-state index in [2.05, 4.69) is 22.8 Å². The van der Waals surface area contributed by atoms with Gasteiger partial charge >= 0.3 is 6.03 Å². The lowest BCUT2D eigenvalue weighted by atomic mass is 9.61. The number of hydrogen-bond acceptors (Lipinski definition) is 2. The fourth-order valence-electron chi connectivity index (χ4n) is 5.47. The smallest absolute Gasteiger partial charge is 0.318 e. The Hall–Kier alpha value is -2.14. The summed E-state index contributed by atoms with van der Waals surface area (Å²) in [5.41, 5.74) is 4.09. The maximum absolute atomic E-state index is 13.6. The molecular weight excluding hydrogens is 365 g/mol. The molecule has 2 saturated carbocycles. The Morgan fingerprint density at radius 3 is 2.59 bits per heavy atom. The molecule has 5 rings (SSSR count). The van der Waals surface area contributed by atoms with Crippen molar-refractivity contribution in [1.29, 1.82) is 0 Å². The average molecular weight is 396 g/mol. The first kappa shape index (κ1) is 18.9.